The van der Waals surface area contributed by atoms with Crippen LogP contribution in [0.5, 0.6) is 5.75 Å². The van der Waals surface area contributed by atoms with Gasteiger partial charge in [0.05, 0.1) is 18.3 Å². The van der Waals surface area contributed by atoms with E-state index >= 15 is 0 Å². The first-order valence-electron chi connectivity index (χ1n) is 7.79. The molecule has 25 heavy (non-hydrogen) atoms. The molecule has 4 nitrogen and oxygen atoms in total. The van der Waals surface area contributed by atoms with Crippen LogP contribution in [-0.4, -0.2) is 22.1 Å². The van der Waals surface area contributed by atoms with Crippen LogP contribution >= 0.6 is 15.9 Å². The fourth-order valence-electron chi connectivity index (χ4n) is 2.77. The summed E-state index contributed by atoms with van der Waals surface area (Å²) in [7, 11) is 1.67. The van der Waals surface area contributed by atoms with Gasteiger partial charge in [0.15, 0.2) is 5.82 Å². The Labute approximate surface area is 153 Å². The van der Waals surface area contributed by atoms with Gasteiger partial charge in [-0.2, -0.15) is 0 Å². The molecule has 122 valence electrons. The van der Waals surface area contributed by atoms with Crippen molar-refractivity contribution in [3.05, 3.63) is 71.3 Å². The zero-order chi connectivity index (χ0) is 17.2. The molecule has 0 aliphatic rings. The molecule has 0 fully saturated rings. The molecule has 0 N–H and O–H groups in total. The number of aromatic nitrogens is 3. The third-order valence-electron chi connectivity index (χ3n) is 3.91. The highest BCUT2D eigenvalue weighted by Gasteiger charge is 2.14. The number of pyridine rings is 1. The molecule has 0 amide bonds. The average Bonchev–Trinajstić information content (AvgIpc) is 2.67. The van der Waals surface area contributed by atoms with Crippen molar-refractivity contribution in [2.24, 2.45) is 0 Å². The van der Waals surface area contributed by atoms with Gasteiger partial charge in [0.2, 0.25) is 0 Å². The monoisotopic (exact) mass is 391 g/mol. The first-order chi connectivity index (χ1) is 12.3. The number of ether oxygens (including phenoxy) is 1. The van der Waals surface area contributed by atoms with Crippen molar-refractivity contribution in [1.82, 2.24) is 15.0 Å². The minimum Gasteiger partial charge on any atom is -0.496 e. The second kappa shape index (κ2) is 6.61. The molecule has 5 heteroatoms. The molecule has 0 radical (unpaired) electrons. The molecular weight excluding hydrogens is 378 g/mol. The predicted molar refractivity (Wildman–Crippen MR) is 102 cm³/mol. The van der Waals surface area contributed by atoms with Crippen LogP contribution in [0.1, 0.15) is 0 Å². The zero-order valence-electron chi connectivity index (χ0n) is 13.5. The van der Waals surface area contributed by atoms with Crippen LogP contribution in [0, 0.1) is 0 Å². The summed E-state index contributed by atoms with van der Waals surface area (Å²) in [5, 5.41) is 0.978. The topological polar surface area (TPSA) is 47.9 Å². The summed E-state index contributed by atoms with van der Waals surface area (Å²) in [6, 6.07) is 21.5. The predicted octanol–water partition coefficient (Wildman–Crippen LogP) is 5.13. The summed E-state index contributed by atoms with van der Waals surface area (Å²) in [5.74, 6) is 1.36. The van der Waals surface area contributed by atoms with E-state index in [9.17, 15) is 0 Å². The van der Waals surface area contributed by atoms with Crippen LogP contribution < -0.4 is 4.74 Å². The number of hydrogen-bond acceptors (Lipinski definition) is 4. The quantitative estimate of drug-likeness (QED) is 0.454. The van der Waals surface area contributed by atoms with Gasteiger partial charge in [0, 0.05) is 10.9 Å². The van der Waals surface area contributed by atoms with E-state index in [0.29, 0.717) is 5.82 Å². The van der Waals surface area contributed by atoms with Crippen LogP contribution in [0.3, 0.4) is 0 Å². The summed E-state index contributed by atoms with van der Waals surface area (Å²) in [6.45, 7) is 0. The summed E-state index contributed by atoms with van der Waals surface area (Å²) >= 11 is 3.41. The summed E-state index contributed by atoms with van der Waals surface area (Å²) < 4.78 is 6.28. The summed E-state index contributed by atoms with van der Waals surface area (Å²) in [5.41, 5.74) is 3.35. The molecule has 2 heterocycles. The van der Waals surface area contributed by atoms with Gasteiger partial charge in [-0.05, 0) is 46.3 Å². The number of methoxy groups -OCH3 is 1. The molecule has 2 aromatic carbocycles. The fourth-order valence-corrected chi connectivity index (χ4v) is 3.11. The first-order valence-corrected chi connectivity index (χ1v) is 8.58. The molecule has 4 rings (SSSR count). The summed E-state index contributed by atoms with van der Waals surface area (Å²) in [6.07, 6.45) is 0. The normalized spacial score (nSPS) is 10.8. The van der Waals surface area contributed by atoms with Crippen LogP contribution in [-0.2, 0) is 0 Å². The fraction of sp³-hybridized carbons (Fsp3) is 0.0500. The van der Waals surface area contributed by atoms with Crippen LogP contribution in [0.15, 0.2) is 71.3 Å². The van der Waals surface area contributed by atoms with Crippen molar-refractivity contribution >= 4 is 26.8 Å². The van der Waals surface area contributed by atoms with Gasteiger partial charge in [-0.3, -0.25) is 0 Å². The van der Waals surface area contributed by atoms with E-state index < -0.39 is 0 Å². The van der Waals surface area contributed by atoms with Crippen molar-refractivity contribution in [2.45, 2.75) is 0 Å². The molecule has 0 unspecified atom stereocenters. The SMILES string of the molecule is COc1ccccc1-c1nc(-c2cccc(Br)n2)nc2ccccc12. The Hall–Kier alpha value is -2.79. The molecule has 0 saturated heterocycles. The maximum Gasteiger partial charge on any atom is 0.179 e. The molecule has 2 aromatic heterocycles. The van der Waals surface area contributed by atoms with Gasteiger partial charge in [0.25, 0.3) is 0 Å². The third-order valence-corrected chi connectivity index (χ3v) is 4.35. The molecule has 0 aliphatic carbocycles. The lowest BCUT2D eigenvalue weighted by Crippen LogP contribution is -1.98. The lowest BCUT2D eigenvalue weighted by molar-refractivity contribution is 0.416. The minimum absolute atomic E-state index is 0.584. The zero-order valence-corrected chi connectivity index (χ0v) is 15.1. The molecule has 0 aliphatic heterocycles. The maximum absolute atomic E-state index is 5.53. The molecule has 0 atom stereocenters. The van der Waals surface area contributed by atoms with Gasteiger partial charge >= 0.3 is 0 Å². The Balaban J connectivity index is 2.03. The first kappa shape index (κ1) is 15.7. The van der Waals surface area contributed by atoms with E-state index in [-0.39, 0.29) is 0 Å². The van der Waals surface area contributed by atoms with E-state index in [1.54, 1.807) is 7.11 Å². The van der Waals surface area contributed by atoms with Gasteiger partial charge < -0.3 is 4.74 Å². The second-order valence-electron chi connectivity index (χ2n) is 5.46. The lowest BCUT2D eigenvalue weighted by atomic mass is 10.1. The van der Waals surface area contributed by atoms with E-state index in [2.05, 4.69) is 20.9 Å². The van der Waals surface area contributed by atoms with Crippen LogP contribution in [0.25, 0.3) is 33.7 Å². The Morgan fingerprint density at radius 3 is 2.44 bits per heavy atom. The molecular formula is C20H14BrN3O. The molecule has 0 saturated carbocycles. The van der Waals surface area contributed by atoms with Gasteiger partial charge in [-0.25, -0.2) is 15.0 Å². The number of fused-ring (bicyclic) bond motifs is 1. The van der Waals surface area contributed by atoms with Crippen molar-refractivity contribution < 1.29 is 4.74 Å². The number of para-hydroxylation sites is 2. The van der Waals surface area contributed by atoms with E-state index in [1.165, 1.54) is 0 Å². The number of nitrogens with zero attached hydrogens (tertiary/aromatic N) is 3. The highest BCUT2D eigenvalue weighted by molar-refractivity contribution is 9.10. The number of halogens is 1. The van der Waals surface area contributed by atoms with E-state index in [1.807, 2.05) is 66.7 Å². The van der Waals surface area contributed by atoms with E-state index in [0.717, 1.165) is 38.2 Å². The molecule has 4 aromatic rings. The Kier molecular flexibility index (Phi) is 4.15. The third kappa shape index (κ3) is 2.98. The molecule has 0 bridgehead atoms. The van der Waals surface area contributed by atoms with Crippen molar-refractivity contribution in [3.8, 4) is 28.5 Å². The largest absolute Gasteiger partial charge is 0.496 e. The van der Waals surface area contributed by atoms with Crippen molar-refractivity contribution in [2.75, 3.05) is 7.11 Å². The van der Waals surface area contributed by atoms with Crippen molar-refractivity contribution in [3.63, 3.8) is 0 Å². The average molecular weight is 392 g/mol. The van der Waals surface area contributed by atoms with Gasteiger partial charge in [-0.15, -0.1) is 0 Å². The number of rotatable bonds is 3. The number of benzene rings is 2. The van der Waals surface area contributed by atoms with Crippen LogP contribution in [0.2, 0.25) is 0 Å². The van der Waals surface area contributed by atoms with Crippen LogP contribution in [0.4, 0.5) is 0 Å². The van der Waals surface area contributed by atoms with Crippen molar-refractivity contribution in [1.29, 1.82) is 0 Å². The highest BCUT2D eigenvalue weighted by Crippen LogP contribution is 2.34. The minimum atomic E-state index is 0.584. The number of hydrogen-bond donors (Lipinski definition) is 0. The second-order valence-corrected chi connectivity index (χ2v) is 6.27. The Bertz CT molecular complexity index is 1070. The summed E-state index contributed by atoms with van der Waals surface area (Å²) in [4.78, 5) is 14.0. The van der Waals surface area contributed by atoms with E-state index in [4.69, 9.17) is 14.7 Å². The Morgan fingerprint density at radius 2 is 1.60 bits per heavy atom. The highest BCUT2D eigenvalue weighted by atomic mass is 79.9. The van der Waals surface area contributed by atoms with Gasteiger partial charge in [-0.1, -0.05) is 36.4 Å². The van der Waals surface area contributed by atoms with Gasteiger partial charge in [0.1, 0.15) is 16.0 Å². The maximum atomic E-state index is 5.53. The smallest absolute Gasteiger partial charge is 0.179 e. The Morgan fingerprint density at radius 1 is 0.800 bits per heavy atom. The lowest BCUT2D eigenvalue weighted by Gasteiger charge is -2.12. The standard InChI is InChI=1S/C20H14BrN3O/c1-25-17-11-5-3-8-14(17)19-13-7-2-4-9-15(13)23-20(24-19)16-10-6-12-18(21)22-16/h2-12H,1H3. The molecule has 0 spiro atoms.